The maximum absolute atomic E-state index is 13.1. The number of aliphatic hydroxyl groups is 1. The van der Waals surface area contributed by atoms with Crippen LogP contribution in [0.2, 0.25) is 10.2 Å². The molecule has 4 heterocycles. The Kier molecular flexibility index (Phi) is 19.2. The molecule has 2 aromatic heterocycles. The lowest BCUT2D eigenvalue weighted by molar-refractivity contribution is -0.360. The first-order chi connectivity index (χ1) is 34.0. The van der Waals surface area contributed by atoms with Crippen molar-refractivity contribution in [2.75, 3.05) is 51.6 Å². The van der Waals surface area contributed by atoms with Gasteiger partial charge in [-0.3, -0.25) is 0 Å². The Hall–Kier alpha value is -5.45. The molecule has 22 heteroatoms. The van der Waals surface area contributed by atoms with Crippen LogP contribution in [0.25, 0.3) is 22.5 Å². The Bertz CT molecular complexity index is 2670. The van der Waals surface area contributed by atoms with Crippen LogP contribution in [0.15, 0.2) is 95.3 Å². The van der Waals surface area contributed by atoms with Gasteiger partial charge in [0.1, 0.15) is 19.0 Å². The Labute approximate surface area is 423 Å². The normalized spacial score (nSPS) is 16.7. The van der Waals surface area contributed by atoms with Gasteiger partial charge in [-0.05, 0) is 53.8 Å². The number of aryl methyl sites for hydroxylation is 1. The molecule has 3 aromatic carbocycles. The summed E-state index contributed by atoms with van der Waals surface area (Å²) in [6.07, 6.45) is 0.224. The van der Waals surface area contributed by atoms with Gasteiger partial charge >= 0.3 is 18.2 Å². The average molecular weight is 1040 g/mol. The second-order valence-corrected chi connectivity index (χ2v) is 19.3. The number of benzene rings is 3. The van der Waals surface area contributed by atoms with E-state index >= 15 is 0 Å². The van der Waals surface area contributed by atoms with Gasteiger partial charge < -0.3 is 48.7 Å². The van der Waals surface area contributed by atoms with Crippen LogP contribution in [-0.4, -0.2) is 117 Å². The zero-order valence-corrected chi connectivity index (χ0v) is 42.2. The number of alkyl carbamates (subject to hydrolysis) is 1. The smallest absolute Gasteiger partial charge is 0.453 e. The highest BCUT2D eigenvalue weighted by Crippen LogP contribution is 2.45. The molecule has 1 unspecified atom stereocenters. The second-order valence-electron chi connectivity index (χ2n) is 15.8. The first-order valence-corrected chi connectivity index (χ1v) is 25.8. The molecule has 3 N–H and O–H groups in total. The molecule has 7 rings (SSSR count). The summed E-state index contributed by atoms with van der Waals surface area (Å²) in [6.45, 7) is 6.68. The number of hydrogen-bond acceptors (Lipinski definition) is 17. The van der Waals surface area contributed by atoms with Crippen molar-refractivity contribution < 1.29 is 47.9 Å². The fraction of sp³-hybridized carbons (Fsp3) is 0.396. The third-order valence-electron chi connectivity index (χ3n) is 11.2. The topological polar surface area (TPSA) is 212 Å². The average Bonchev–Trinajstić information content (AvgIpc) is 3.97. The number of halogens is 2. The fourth-order valence-corrected chi connectivity index (χ4v) is 10.0. The monoisotopic (exact) mass is 1040 g/mol. The molecule has 70 heavy (non-hydrogen) atoms. The number of esters is 1. The molecular weight excluding hydrogens is 984 g/mol. The van der Waals surface area contributed by atoms with Gasteiger partial charge in [0.05, 0.1) is 38.2 Å². The van der Waals surface area contributed by atoms with E-state index in [9.17, 15) is 19.5 Å². The number of rotatable bonds is 23. The Morgan fingerprint density at radius 3 is 2.36 bits per heavy atom. The largest absolute Gasteiger partial charge is 0.466 e. The van der Waals surface area contributed by atoms with Crippen molar-refractivity contribution in [3.63, 3.8) is 0 Å². The minimum Gasteiger partial charge on any atom is -0.466 e. The van der Waals surface area contributed by atoms with E-state index in [0.29, 0.717) is 67.6 Å². The van der Waals surface area contributed by atoms with E-state index in [4.69, 9.17) is 51.6 Å². The molecule has 18 nitrogen and oxygen atoms in total. The van der Waals surface area contributed by atoms with Gasteiger partial charge in [-0.25, -0.2) is 19.4 Å². The van der Waals surface area contributed by atoms with E-state index in [0.717, 1.165) is 46.6 Å². The summed E-state index contributed by atoms with van der Waals surface area (Å²) >= 11 is 13.0. The van der Waals surface area contributed by atoms with Crippen LogP contribution in [0, 0.1) is 0 Å². The summed E-state index contributed by atoms with van der Waals surface area (Å²) in [4.78, 5) is 43.5. The number of allylic oxidation sites excluding steroid dienone is 1. The number of aliphatic hydroxyl groups excluding tert-OH is 1. The second kappa shape index (κ2) is 25.6. The summed E-state index contributed by atoms with van der Waals surface area (Å²) in [5.41, 5.74) is 7.00. The first kappa shape index (κ1) is 52.4. The number of hydrogen-bond donors (Lipinski definition) is 3. The highest BCUT2D eigenvalue weighted by Gasteiger charge is 2.44. The van der Waals surface area contributed by atoms with Crippen molar-refractivity contribution in [1.29, 1.82) is 0 Å². The number of methoxy groups -OCH3 is 1. The third-order valence-corrected chi connectivity index (χ3v) is 14.2. The van der Waals surface area contributed by atoms with Gasteiger partial charge in [-0.15, -0.1) is 10.2 Å². The van der Waals surface area contributed by atoms with Crippen LogP contribution in [-0.2, 0) is 52.8 Å². The van der Waals surface area contributed by atoms with Crippen molar-refractivity contribution in [3.05, 3.63) is 128 Å². The number of nitrogens with one attached hydrogen (secondary N) is 2. The fourth-order valence-electron chi connectivity index (χ4n) is 7.86. The summed E-state index contributed by atoms with van der Waals surface area (Å²) in [7, 11) is 4.24. The lowest BCUT2D eigenvalue weighted by Crippen LogP contribution is -2.45. The quantitative estimate of drug-likeness (QED) is 0.0243. The third kappa shape index (κ3) is 13.1. The number of unbranched alkanes of at least 4 members (excludes halogenated alkanes) is 1. The zero-order chi connectivity index (χ0) is 49.6. The lowest BCUT2D eigenvalue weighted by atomic mass is 9.79. The maximum atomic E-state index is 13.1. The van der Waals surface area contributed by atoms with Crippen molar-refractivity contribution in [2.24, 2.45) is 0 Å². The predicted molar refractivity (Wildman–Crippen MR) is 266 cm³/mol. The lowest BCUT2D eigenvalue weighted by Gasteiger charge is -2.42. The SMILES string of the molecule is CCCCc1nc(Cl)c(CO)n1Cc1ccc(-c2ccccc2-c2nnn(C(=O)OCCSSCCOC(=O)NCCOCC3=C(C4OC(C)O4)C(c4ccccc4Cl)C(C(=O)OC)=C(C)N3)n2)cc1. The summed E-state index contributed by atoms with van der Waals surface area (Å²) in [5, 5.41) is 29.1. The minimum absolute atomic E-state index is 0.0968. The number of dihydropyridines is 1. The van der Waals surface area contributed by atoms with E-state index in [1.165, 1.54) is 28.7 Å². The highest BCUT2D eigenvalue weighted by atomic mass is 35.5. The number of carbonyl (C=O) groups excluding carboxylic acids is 3. The number of imidazole rings is 1. The molecule has 0 saturated carbocycles. The number of tetrazole rings is 1. The van der Waals surface area contributed by atoms with Gasteiger partial charge in [-0.1, -0.05) is 130 Å². The van der Waals surface area contributed by atoms with E-state index < -0.39 is 36.7 Å². The molecule has 5 aromatic rings. The van der Waals surface area contributed by atoms with Gasteiger partial charge in [-0.2, -0.15) is 0 Å². The van der Waals surface area contributed by atoms with Gasteiger partial charge in [0, 0.05) is 64.5 Å². The molecule has 0 aliphatic carbocycles. The molecule has 1 saturated heterocycles. The molecular formula is C48H54Cl2N8O10S2. The van der Waals surface area contributed by atoms with Crippen molar-refractivity contribution in [1.82, 2.24) is 40.4 Å². The number of nitrogens with zero attached hydrogens (tertiary/aromatic N) is 6. The van der Waals surface area contributed by atoms with Crippen LogP contribution < -0.4 is 10.6 Å². The molecule has 2 aliphatic rings. The van der Waals surface area contributed by atoms with E-state index in [1.807, 2.05) is 71.3 Å². The molecule has 1 fully saturated rings. The van der Waals surface area contributed by atoms with E-state index in [-0.39, 0.29) is 45.4 Å². The van der Waals surface area contributed by atoms with Gasteiger partial charge in [0.2, 0.25) is 5.82 Å². The summed E-state index contributed by atoms with van der Waals surface area (Å²) in [6, 6.07) is 22.9. The Balaban J connectivity index is 0.804. The van der Waals surface area contributed by atoms with Crippen LogP contribution in [0.1, 0.15) is 62.2 Å². The van der Waals surface area contributed by atoms with E-state index in [1.54, 1.807) is 19.9 Å². The number of aromatic nitrogens is 6. The van der Waals surface area contributed by atoms with Gasteiger partial charge in [0.15, 0.2) is 17.7 Å². The van der Waals surface area contributed by atoms with E-state index in [2.05, 4.69) is 38.0 Å². The predicted octanol–water partition coefficient (Wildman–Crippen LogP) is 8.31. The van der Waals surface area contributed by atoms with Crippen LogP contribution in [0.5, 0.6) is 0 Å². The zero-order valence-electron chi connectivity index (χ0n) is 39.0. The molecule has 0 bridgehead atoms. The van der Waals surface area contributed by atoms with Crippen molar-refractivity contribution in [2.45, 2.75) is 71.7 Å². The Morgan fingerprint density at radius 2 is 1.66 bits per heavy atom. The molecule has 2 aliphatic heterocycles. The summed E-state index contributed by atoms with van der Waals surface area (Å²) < 4.78 is 35.6. The van der Waals surface area contributed by atoms with Crippen molar-refractivity contribution in [3.8, 4) is 22.5 Å². The van der Waals surface area contributed by atoms with Crippen LogP contribution >= 0.6 is 44.8 Å². The molecule has 372 valence electrons. The molecule has 1 amide bonds. The maximum Gasteiger partial charge on any atom is 0.453 e. The van der Waals surface area contributed by atoms with Crippen LogP contribution in [0.3, 0.4) is 0 Å². The van der Waals surface area contributed by atoms with Gasteiger partial charge in [0.25, 0.3) is 0 Å². The van der Waals surface area contributed by atoms with Crippen molar-refractivity contribution >= 4 is 62.9 Å². The standard InChI is InChI=1S/C48H54Cl2N8O10S2/c1-5-6-15-39-53-43(50)38(27-59)57(39)26-31-16-18-32(19-17-31)33-11-7-8-12-34(33)44-54-56-58(55-44)48(62)66-23-25-70-69-24-22-65-47(61)51-20-21-64-28-37-42(46-67-30(3)68-46)41(35-13-9-10-14-36(35)49)40(29(2)52-37)45(60)63-4/h7-14,16-19,30,41,46,52,59H,5-6,15,20-28H2,1-4H3,(H,51,61). The number of carbonyl (C=O) groups is 3. The molecule has 1 atom stereocenters. The molecule has 0 spiro atoms. The highest BCUT2D eigenvalue weighted by molar-refractivity contribution is 8.76. The van der Waals surface area contributed by atoms with Crippen LogP contribution in [0.4, 0.5) is 9.59 Å². The summed E-state index contributed by atoms with van der Waals surface area (Å²) in [5.74, 6) is 0.954. The number of amides is 1. The number of ether oxygens (including phenoxy) is 6. The molecule has 0 radical (unpaired) electrons. The first-order valence-electron chi connectivity index (χ1n) is 22.6. The minimum atomic E-state index is -0.764. The Morgan fingerprint density at radius 1 is 0.943 bits per heavy atom.